The fourth-order valence-corrected chi connectivity index (χ4v) is 3.88. The predicted molar refractivity (Wildman–Crippen MR) is 48.8 cm³/mol. The highest BCUT2D eigenvalue weighted by Gasteiger charge is 2.54. The Morgan fingerprint density at radius 1 is 1.55 bits per heavy atom. The first-order valence-corrected chi connectivity index (χ1v) is 5.71. The first-order valence-electron chi connectivity index (χ1n) is 4.56. The Kier molecular flexibility index (Phi) is 2.15. The van der Waals surface area contributed by atoms with Gasteiger partial charge in [-0.1, -0.05) is 0 Å². The molecule has 0 aromatic heterocycles. The molecule has 0 amide bonds. The van der Waals surface area contributed by atoms with Gasteiger partial charge in [-0.25, -0.2) is 0 Å². The van der Waals surface area contributed by atoms with Crippen LogP contribution < -0.4 is 0 Å². The van der Waals surface area contributed by atoms with Crippen molar-refractivity contribution < 1.29 is 5.11 Å². The minimum Gasteiger partial charge on any atom is -0.396 e. The normalized spacial score (nSPS) is 41.7. The quantitative estimate of drug-likeness (QED) is 0.701. The summed E-state index contributed by atoms with van der Waals surface area (Å²) in [5, 5.41) is 8.67. The van der Waals surface area contributed by atoms with Crippen molar-refractivity contribution in [1.82, 2.24) is 0 Å². The molecule has 0 bridgehead atoms. The van der Waals surface area contributed by atoms with E-state index >= 15 is 0 Å². The van der Waals surface area contributed by atoms with Crippen LogP contribution in [0.1, 0.15) is 25.7 Å². The number of thioether (sulfide) groups is 1. The lowest BCUT2D eigenvalue weighted by Gasteiger charge is -2.05. The van der Waals surface area contributed by atoms with Crippen LogP contribution >= 0.6 is 11.8 Å². The van der Waals surface area contributed by atoms with Crippen molar-refractivity contribution in [3.8, 4) is 0 Å². The van der Waals surface area contributed by atoms with Crippen LogP contribution in [0, 0.1) is 11.3 Å². The maximum atomic E-state index is 8.67. The second-order valence-electron chi connectivity index (χ2n) is 3.93. The molecule has 1 N–H and O–H groups in total. The minimum absolute atomic E-state index is 0.389. The van der Waals surface area contributed by atoms with E-state index in [-0.39, 0.29) is 0 Å². The summed E-state index contributed by atoms with van der Waals surface area (Å²) < 4.78 is 0. The summed E-state index contributed by atoms with van der Waals surface area (Å²) in [7, 11) is 0. The zero-order chi connectivity index (χ0) is 7.73. The van der Waals surface area contributed by atoms with E-state index in [1.54, 1.807) is 0 Å². The third-order valence-electron chi connectivity index (χ3n) is 3.20. The Morgan fingerprint density at radius 2 is 2.45 bits per heavy atom. The molecule has 1 saturated heterocycles. The van der Waals surface area contributed by atoms with Crippen molar-refractivity contribution in [3.63, 3.8) is 0 Å². The molecular formula is C9H16OS. The van der Waals surface area contributed by atoms with Gasteiger partial charge in [0.25, 0.3) is 0 Å². The molecule has 2 atom stereocenters. The Labute approximate surface area is 72.6 Å². The smallest absolute Gasteiger partial charge is 0.0431 e. The maximum absolute atomic E-state index is 8.67. The van der Waals surface area contributed by atoms with Gasteiger partial charge in [0, 0.05) is 6.61 Å². The van der Waals surface area contributed by atoms with Crippen molar-refractivity contribution in [2.24, 2.45) is 11.3 Å². The molecule has 0 aromatic rings. The Bertz CT molecular complexity index is 140. The summed E-state index contributed by atoms with van der Waals surface area (Å²) in [6.07, 6.45) is 5.21. The van der Waals surface area contributed by atoms with E-state index in [2.05, 4.69) is 11.8 Å². The zero-order valence-corrected chi connectivity index (χ0v) is 7.70. The number of hydrogen-bond acceptors (Lipinski definition) is 2. The van der Waals surface area contributed by atoms with Crippen LogP contribution in [-0.2, 0) is 0 Å². The molecule has 1 spiro atoms. The van der Waals surface area contributed by atoms with Crippen LogP contribution in [0.5, 0.6) is 0 Å². The second kappa shape index (κ2) is 2.98. The first-order chi connectivity index (χ1) is 5.37. The van der Waals surface area contributed by atoms with Crippen LogP contribution in [0.4, 0.5) is 0 Å². The van der Waals surface area contributed by atoms with Gasteiger partial charge in [0.15, 0.2) is 0 Å². The highest BCUT2D eigenvalue weighted by molar-refractivity contribution is 7.99. The standard InChI is InChI=1S/C9H16OS/c10-4-1-2-8-6-9(8)3-5-11-7-9/h8,10H,1-7H2. The molecule has 2 heteroatoms. The Balaban J connectivity index is 1.75. The molecule has 0 radical (unpaired) electrons. The fourth-order valence-electron chi connectivity index (χ4n) is 2.28. The van der Waals surface area contributed by atoms with Gasteiger partial charge in [0.2, 0.25) is 0 Å². The SMILES string of the molecule is OCCCC1CC12CCSC2. The molecule has 64 valence electrons. The van der Waals surface area contributed by atoms with Crippen molar-refractivity contribution in [1.29, 1.82) is 0 Å². The molecular weight excluding hydrogens is 156 g/mol. The highest BCUT2D eigenvalue weighted by Crippen LogP contribution is 2.62. The summed E-state index contributed by atoms with van der Waals surface area (Å²) in [6, 6.07) is 0. The van der Waals surface area contributed by atoms with Gasteiger partial charge >= 0.3 is 0 Å². The summed E-state index contributed by atoms with van der Waals surface area (Å²) in [5.74, 6) is 3.77. The van der Waals surface area contributed by atoms with Gasteiger partial charge in [-0.15, -0.1) is 0 Å². The van der Waals surface area contributed by atoms with Gasteiger partial charge in [0.1, 0.15) is 0 Å². The molecule has 2 unspecified atom stereocenters. The van der Waals surface area contributed by atoms with Crippen molar-refractivity contribution in [2.75, 3.05) is 18.1 Å². The summed E-state index contributed by atoms with van der Waals surface area (Å²) in [5.41, 5.74) is 0.764. The lowest BCUT2D eigenvalue weighted by Crippen LogP contribution is -2.01. The van der Waals surface area contributed by atoms with Gasteiger partial charge < -0.3 is 5.11 Å². The zero-order valence-electron chi connectivity index (χ0n) is 6.88. The van der Waals surface area contributed by atoms with Gasteiger partial charge in [0.05, 0.1) is 0 Å². The van der Waals surface area contributed by atoms with E-state index < -0.39 is 0 Å². The van der Waals surface area contributed by atoms with E-state index in [0.29, 0.717) is 6.61 Å². The summed E-state index contributed by atoms with van der Waals surface area (Å²) in [4.78, 5) is 0. The third kappa shape index (κ3) is 1.43. The Morgan fingerprint density at radius 3 is 3.09 bits per heavy atom. The van der Waals surface area contributed by atoms with Gasteiger partial charge in [-0.3, -0.25) is 0 Å². The second-order valence-corrected chi connectivity index (χ2v) is 5.04. The van der Waals surface area contributed by atoms with E-state index in [0.717, 1.165) is 17.8 Å². The number of aliphatic hydroxyl groups is 1. The van der Waals surface area contributed by atoms with Gasteiger partial charge in [-0.05, 0) is 48.5 Å². The fraction of sp³-hybridized carbons (Fsp3) is 1.00. The predicted octanol–water partition coefficient (Wildman–Crippen LogP) is 1.90. The van der Waals surface area contributed by atoms with Crippen LogP contribution in [0.15, 0.2) is 0 Å². The lowest BCUT2D eigenvalue weighted by atomic mass is 10.0. The van der Waals surface area contributed by atoms with Crippen LogP contribution in [0.3, 0.4) is 0 Å². The average Bonchev–Trinajstić information content (AvgIpc) is 2.41. The Hall–Kier alpha value is 0.310. The molecule has 1 heterocycles. The van der Waals surface area contributed by atoms with Gasteiger partial charge in [-0.2, -0.15) is 11.8 Å². The molecule has 1 nitrogen and oxygen atoms in total. The number of aliphatic hydroxyl groups excluding tert-OH is 1. The van der Waals surface area contributed by atoms with Crippen molar-refractivity contribution >= 4 is 11.8 Å². The molecule has 0 aromatic carbocycles. The largest absolute Gasteiger partial charge is 0.396 e. The van der Waals surface area contributed by atoms with E-state index in [4.69, 9.17) is 5.11 Å². The first kappa shape index (κ1) is 7.93. The van der Waals surface area contributed by atoms with Crippen molar-refractivity contribution in [3.05, 3.63) is 0 Å². The number of rotatable bonds is 3. The van der Waals surface area contributed by atoms with Crippen LogP contribution in [0.2, 0.25) is 0 Å². The third-order valence-corrected chi connectivity index (χ3v) is 4.48. The van der Waals surface area contributed by atoms with E-state index in [1.165, 1.54) is 30.8 Å². The molecule has 2 fully saturated rings. The lowest BCUT2D eigenvalue weighted by molar-refractivity contribution is 0.277. The monoisotopic (exact) mass is 172 g/mol. The van der Waals surface area contributed by atoms with Crippen LogP contribution in [-0.4, -0.2) is 23.2 Å². The minimum atomic E-state index is 0.389. The molecule has 11 heavy (non-hydrogen) atoms. The van der Waals surface area contributed by atoms with E-state index in [9.17, 15) is 0 Å². The van der Waals surface area contributed by atoms with E-state index in [1.807, 2.05) is 0 Å². The topological polar surface area (TPSA) is 20.2 Å². The molecule has 1 aliphatic heterocycles. The average molecular weight is 172 g/mol. The maximum Gasteiger partial charge on any atom is 0.0431 e. The number of hydrogen-bond donors (Lipinski definition) is 1. The molecule has 2 aliphatic rings. The summed E-state index contributed by atoms with van der Waals surface area (Å²) in [6.45, 7) is 0.389. The van der Waals surface area contributed by atoms with Crippen molar-refractivity contribution in [2.45, 2.75) is 25.7 Å². The summed E-state index contributed by atoms with van der Waals surface area (Å²) >= 11 is 2.12. The molecule has 1 aliphatic carbocycles. The van der Waals surface area contributed by atoms with Crippen LogP contribution in [0.25, 0.3) is 0 Å². The molecule has 1 saturated carbocycles. The highest BCUT2D eigenvalue weighted by atomic mass is 32.2. The molecule has 2 rings (SSSR count).